The molecule has 6 atom stereocenters. The largest absolute Gasteiger partial charge is 0.480 e. The molecule has 0 aliphatic carbocycles. The highest BCUT2D eigenvalue weighted by Crippen LogP contribution is 2.32. The summed E-state index contributed by atoms with van der Waals surface area (Å²) in [6.07, 6.45) is 0.881. The Balaban J connectivity index is 1.65. The molecule has 0 spiro atoms. The molecule has 6 amide bonds. The number of likely N-dealkylation sites (N-methyl/N-ethyl adjacent to an activating group) is 2. The number of imide groups is 1. The quantitative estimate of drug-likeness (QED) is 0.0626. The van der Waals surface area contributed by atoms with Crippen molar-refractivity contribution in [2.75, 3.05) is 32.9 Å². The van der Waals surface area contributed by atoms with Gasteiger partial charge >= 0.3 is 11.9 Å². The van der Waals surface area contributed by atoms with E-state index in [1.165, 1.54) is 11.8 Å². The van der Waals surface area contributed by atoms with Crippen LogP contribution in [0.1, 0.15) is 80.2 Å². The maximum absolute atomic E-state index is 14.4. The monoisotopic (exact) mass is 921 g/mol. The highest BCUT2D eigenvalue weighted by molar-refractivity contribution is 8.00. The van der Waals surface area contributed by atoms with E-state index in [9.17, 15) is 43.5 Å². The Morgan fingerprint density at radius 1 is 0.923 bits per heavy atom. The highest BCUT2D eigenvalue weighted by atomic mass is 32.2. The fraction of sp³-hybridized carbons (Fsp3) is 0.532. The normalized spacial score (nSPS) is 16.9. The van der Waals surface area contributed by atoms with Gasteiger partial charge in [0.25, 0.3) is 0 Å². The highest BCUT2D eigenvalue weighted by Gasteiger charge is 2.42. The zero-order valence-electron chi connectivity index (χ0n) is 39.1. The first-order valence-electron chi connectivity index (χ1n) is 21.6. The molecule has 18 heteroatoms. The Bertz CT molecular complexity index is 2090. The number of carboxylic acid groups (broad SMARTS) is 2. The van der Waals surface area contributed by atoms with Gasteiger partial charge in [0.2, 0.25) is 35.4 Å². The van der Waals surface area contributed by atoms with Crippen LogP contribution in [0.5, 0.6) is 0 Å². The predicted octanol–water partition coefficient (Wildman–Crippen LogP) is 2.92. The summed E-state index contributed by atoms with van der Waals surface area (Å²) in [6.45, 7) is 14.5. The molecule has 1 aliphatic heterocycles. The average Bonchev–Trinajstić information content (AvgIpc) is 3.51. The van der Waals surface area contributed by atoms with Gasteiger partial charge in [-0.2, -0.15) is 0 Å². The molecular weight excluding hydrogens is 855 g/mol. The maximum Gasteiger partial charge on any atom is 0.326 e. The summed E-state index contributed by atoms with van der Waals surface area (Å²) < 4.78 is 0. The van der Waals surface area contributed by atoms with Crippen molar-refractivity contribution in [1.29, 1.82) is 0 Å². The van der Waals surface area contributed by atoms with Gasteiger partial charge in [-0.1, -0.05) is 109 Å². The van der Waals surface area contributed by atoms with Crippen LogP contribution in [0.4, 0.5) is 0 Å². The van der Waals surface area contributed by atoms with Gasteiger partial charge in [0.1, 0.15) is 18.1 Å². The second-order valence-electron chi connectivity index (χ2n) is 18.3. The number of hydrogen-bond acceptors (Lipinski definition) is 11. The molecule has 1 fully saturated rings. The van der Waals surface area contributed by atoms with Gasteiger partial charge in [-0.05, 0) is 48.4 Å². The van der Waals surface area contributed by atoms with E-state index in [1.807, 2.05) is 97.0 Å². The van der Waals surface area contributed by atoms with E-state index in [1.54, 1.807) is 20.2 Å². The molecule has 2 aromatic rings. The Morgan fingerprint density at radius 3 is 2.12 bits per heavy atom. The van der Waals surface area contributed by atoms with Gasteiger partial charge in [-0.3, -0.25) is 38.5 Å². The lowest BCUT2D eigenvalue weighted by Crippen LogP contribution is -2.61. The number of nitrogens with zero attached hydrogens (tertiary/aromatic N) is 2. The van der Waals surface area contributed by atoms with Crippen molar-refractivity contribution in [2.24, 2.45) is 17.1 Å². The van der Waals surface area contributed by atoms with Gasteiger partial charge in [0.15, 0.2) is 0 Å². The molecule has 1 saturated heterocycles. The fourth-order valence-electron chi connectivity index (χ4n) is 7.53. The summed E-state index contributed by atoms with van der Waals surface area (Å²) in [4.78, 5) is 105. The van der Waals surface area contributed by atoms with E-state index in [-0.39, 0.29) is 61.4 Å². The second kappa shape index (κ2) is 23.6. The van der Waals surface area contributed by atoms with Crippen molar-refractivity contribution in [1.82, 2.24) is 31.1 Å². The number of benzene rings is 2. The van der Waals surface area contributed by atoms with Crippen molar-refractivity contribution in [3.05, 3.63) is 71.8 Å². The first kappa shape index (κ1) is 53.7. The Kier molecular flexibility index (Phi) is 19.5. The summed E-state index contributed by atoms with van der Waals surface area (Å²) in [6, 6.07) is 13.0. The molecule has 0 aromatic heterocycles. The lowest BCUT2D eigenvalue weighted by molar-refractivity contribution is -0.142. The number of thioether (sulfide) groups is 1. The van der Waals surface area contributed by atoms with Crippen LogP contribution in [-0.4, -0.2) is 136 Å². The molecular formula is C47H67N7O10S. The van der Waals surface area contributed by atoms with Crippen LogP contribution in [-0.2, 0) is 43.8 Å². The smallest absolute Gasteiger partial charge is 0.326 e. The second-order valence-corrected chi connectivity index (χ2v) is 19.6. The van der Waals surface area contributed by atoms with Crippen LogP contribution in [0.25, 0.3) is 11.1 Å². The Hall–Kier alpha value is -5.59. The molecule has 17 nitrogen and oxygen atoms in total. The van der Waals surface area contributed by atoms with Crippen LogP contribution in [0.3, 0.4) is 0 Å². The zero-order chi connectivity index (χ0) is 49.0. The zero-order valence-corrected chi connectivity index (χ0v) is 39.9. The number of hydrogen-bond donors (Lipinski definition) is 7. The van der Waals surface area contributed by atoms with Crippen molar-refractivity contribution >= 4 is 59.1 Å². The Morgan fingerprint density at radius 2 is 1.55 bits per heavy atom. The molecule has 0 radical (unpaired) electrons. The molecule has 65 heavy (non-hydrogen) atoms. The van der Waals surface area contributed by atoms with Crippen LogP contribution in [0.15, 0.2) is 66.2 Å². The number of likely N-dealkylation sites (tertiary alicyclic amines) is 1. The predicted molar refractivity (Wildman–Crippen MR) is 249 cm³/mol. The van der Waals surface area contributed by atoms with Crippen molar-refractivity contribution in [3.8, 4) is 11.1 Å². The lowest BCUT2D eigenvalue weighted by Gasteiger charge is -2.40. The third-order valence-corrected chi connectivity index (χ3v) is 12.9. The lowest BCUT2D eigenvalue weighted by atomic mass is 9.76. The summed E-state index contributed by atoms with van der Waals surface area (Å²) >= 11 is 0.976. The van der Waals surface area contributed by atoms with Gasteiger partial charge < -0.3 is 42.1 Å². The van der Waals surface area contributed by atoms with E-state index in [0.717, 1.165) is 33.4 Å². The van der Waals surface area contributed by atoms with E-state index in [2.05, 4.69) is 27.3 Å². The Labute approximate surface area is 386 Å². The first-order chi connectivity index (χ1) is 30.3. The van der Waals surface area contributed by atoms with Gasteiger partial charge in [0.05, 0.1) is 17.3 Å². The van der Waals surface area contributed by atoms with Gasteiger partial charge in [-0.15, -0.1) is 11.8 Å². The van der Waals surface area contributed by atoms with Gasteiger partial charge in [-0.25, -0.2) is 4.79 Å². The minimum atomic E-state index is -1.45. The maximum atomic E-state index is 14.4. The molecule has 0 saturated carbocycles. The summed E-state index contributed by atoms with van der Waals surface area (Å²) in [5.41, 5.74) is 7.16. The van der Waals surface area contributed by atoms with Crippen LogP contribution < -0.4 is 27.0 Å². The van der Waals surface area contributed by atoms with Crippen molar-refractivity contribution in [3.63, 3.8) is 0 Å². The number of rotatable bonds is 23. The third-order valence-electron chi connectivity index (χ3n) is 11.6. The summed E-state index contributed by atoms with van der Waals surface area (Å²) in [5, 5.41) is 29.3. The van der Waals surface area contributed by atoms with E-state index in [0.29, 0.717) is 0 Å². The molecule has 8 N–H and O–H groups in total. The van der Waals surface area contributed by atoms with Crippen LogP contribution in [0, 0.1) is 11.3 Å². The molecule has 0 bridgehead atoms. The van der Waals surface area contributed by atoms with Crippen molar-refractivity contribution < 1.29 is 48.6 Å². The minimum Gasteiger partial charge on any atom is -0.480 e. The number of carbonyl (C=O) groups excluding carboxylic acids is 6. The van der Waals surface area contributed by atoms with Gasteiger partial charge in [0, 0.05) is 49.7 Å². The average molecular weight is 922 g/mol. The number of nitrogens with two attached hydrogens (primary N) is 1. The molecule has 1 heterocycles. The van der Waals surface area contributed by atoms with Crippen molar-refractivity contribution in [2.45, 2.75) is 116 Å². The minimum absolute atomic E-state index is 0.0574. The molecule has 356 valence electrons. The number of aliphatic carboxylic acids is 2. The molecule has 3 rings (SSSR count). The first-order valence-corrected chi connectivity index (χ1v) is 22.7. The number of amides is 6. The summed E-state index contributed by atoms with van der Waals surface area (Å²) in [7, 11) is 3.30. The van der Waals surface area contributed by atoms with Crippen LogP contribution in [0.2, 0.25) is 0 Å². The topological polar surface area (TPSA) is 258 Å². The summed E-state index contributed by atoms with van der Waals surface area (Å²) in [5.74, 6) is -5.91. The third kappa shape index (κ3) is 14.7. The SMILES string of the molecule is CN[C@H](C(=O)NC(C(=O)N(C)[C@H](/C=C(\C)C(=O)N[C@H](CCC(=O)NCCN1C(=O)CC(SC[C@H](N)C(=O)O)C1=O)C(=O)O)C(C)C)C(C)(C)C)C(C)(C)c1cccc(-c2ccccc2)c1. The molecule has 2 aromatic carbocycles. The van der Waals surface area contributed by atoms with E-state index < -0.39 is 81.9 Å². The molecule has 1 aliphatic rings. The fourth-order valence-corrected chi connectivity index (χ4v) is 8.65. The van der Waals surface area contributed by atoms with E-state index in [4.69, 9.17) is 10.8 Å². The number of carbonyl (C=O) groups is 8. The standard InChI is InChI=1S/C47H67N7O10S/c1-27(2)34(23-28(3)40(57)51-33(45(63)64)19-20-36(55)50-21-22-54-37(56)25-35(42(54)59)65-26-32(48)44(61)62)53(10)43(60)39(46(4,5)6)52-41(58)38(49-9)47(7,8)31-18-14-17-30(24-31)29-15-12-11-13-16-29/h11-18,23-24,27,32-35,38-39,49H,19-22,25-26,48H2,1-10H3,(H,50,55)(H,51,57)(H,52,58)(H,61,62)(H,63,64)/b28-23+/t32-,33+,34+,35?,38+,39?/m0/s1. The molecule has 2 unspecified atom stereocenters. The number of nitrogens with one attached hydrogen (secondary N) is 4. The van der Waals surface area contributed by atoms with Crippen LogP contribution >= 0.6 is 11.8 Å². The number of carboxylic acids is 2. The van der Waals surface area contributed by atoms with E-state index >= 15 is 0 Å².